The Morgan fingerprint density at radius 1 is 0.968 bits per heavy atom. The lowest BCUT2D eigenvalue weighted by molar-refractivity contribution is -0.116. The fourth-order valence-electron chi connectivity index (χ4n) is 2.83. The Hall–Kier alpha value is -3.32. The van der Waals surface area contributed by atoms with Crippen LogP contribution in [0.25, 0.3) is 11.0 Å². The van der Waals surface area contributed by atoms with Gasteiger partial charge in [0.25, 0.3) is 12.9 Å². The molecule has 0 saturated heterocycles. The molecular weight excluding hydrogens is 447 g/mol. The zero-order valence-electron chi connectivity index (χ0n) is 15.1. The Bertz CT molecular complexity index is 1160. The second-order valence-corrected chi connectivity index (χ2v) is 6.17. The Balaban J connectivity index is 2.02. The molecule has 0 saturated carbocycles. The monoisotopic (exact) mass is 456 g/mol. The molecule has 14 heteroatoms. The number of aromatic nitrogens is 3. The molecule has 166 valence electrons. The van der Waals surface area contributed by atoms with Gasteiger partial charge in [-0.2, -0.15) is 5.10 Å². The number of benzene rings is 1. The van der Waals surface area contributed by atoms with Crippen molar-refractivity contribution < 1.29 is 44.3 Å². The molecule has 0 radical (unpaired) electrons. The molecule has 3 aromatic rings. The highest BCUT2D eigenvalue weighted by Crippen LogP contribution is 2.33. The van der Waals surface area contributed by atoms with E-state index in [1.54, 1.807) is 0 Å². The van der Waals surface area contributed by atoms with Crippen LogP contribution in [0.5, 0.6) is 0 Å². The van der Waals surface area contributed by atoms with Crippen molar-refractivity contribution >= 4 is 22.6 Å². The van der Waals surface area contributed by atoms with Crippen molar-refractivity contribution in [2.45, 2.75) is 26.3 Å². The van der Waals surface area contributed by atoms with Crippen molar-refractivity contribution in [3.05, 3.63) is 52.1 Å². The maximum absolute atomic E-state index is 13.7. The number of nitrogens with one attached hydrogen (secondary N) is 1. The molecule has 0 bridgehead atoms. The molecule has 0 aliphatic carbocycles. The highest BCUT2D eigenvalue weighted by Gasteiger charge is 2.28. The minimum Gasteiger partial charge on any atom is -0.319 e. The molecular formula is C17H9F9N4O. The number of pyridine rings is 1. The molecule has 1 N–H and O–H groups in total. The van der Waals surface area contributed by atoms with Gasteiger partial charge < -0.3 is 5.32 Å². The van der Waals surface area contributed by atoms with Gasteiger partial charge in [-0.05, 0) is 13.0 Å². The second kappa shape index (κ2) is 8.07. The van der Waals surface area contributed by atoms with E-state index in [-0.39, 0.29) is 11.1 Å². The summed E-state index contributed by atoms with van der Waals surface area (Å²) in [5.74, 6) is -13.1. The number of amides is 1. The van der Waals surface area contributed by atoms with Gasteiger partial charge in [-0.25, -0.2) is 49.2 Å². The number of fused-ring (bicyclic) bond motifs is 1. The summed E-state index contributed by atoms with van der Waals surface area (Å²) in [4.78, 5) is 15.6. The van der Waals surface area contributed by atoms with Crippen LogP contribution >= 0.6 is 0 Å². The smallest absolute Gasteiger partial charge is 0.280 e. The van der Waals surface area contributed by atoms with Gasteiger partial charge in [-0.1, -0.05) is 0 Å². The number of carbonyl (C=O) groups is 1. The maximum atomic E-state index is 13.7. The fraction of sp³-hybridized carbons (Fsp3) is 0.235. The van der Waals surface area contributed by atoms with Crippen molar-refractivity contribution in [2.24, 2.45) is 0 Å². The maximum Gasteiger partial charge on any atom is 0.280 e. The highest BCUT2D eigenvalue weighted by atomic mass is 19.3. The summed E-state index contributed by atoms with van der Waals surface area (Å²) in [5, 5.41) is 4.86. The molecule has 31 heavy (non-hydrogen) atoms. The van der Waals surface area contributed by atoms with Crippen LogP contribution in [-0.4, -0.2) is 20.7 Å². The number of hydrogen-bond donors (Lipinski definition) is 1. The number of aryl methyl sites for hydroxylation is 1. The summed E-state index contributed by atoms with van der Waals surface area (Å²) < 4.78 is 120. The minimum atomic E-state index is -3.24. The molecule has 2 heterocycles. The Labute approximate surface area is 166 Å². The van der Waals surface area contributed by atoms with Gasteiger partial charge in [-0.3, -0.25) is 4.79 Å². The number of carbonyl (C=O) groups excluding carboxylic acids is 1. The van der Waals surface area contributed by atoms with Crippen LogP contribution in [0.4, 0.5) is 45.2 Å². The quantitative estimate of drug-likeness (QED) is 0.336. The Morgan fingerprint density at radius 2 is 1.52 bits per heavy atom. The average molecular weight is 456 g/mol. The van der Waals surface area contributed by atoms with Crippen LogP contribution < -0.4 is 5.32 Å². The van der Waals surface area contributed by atoms with E-state index in [9.17, 15) is 44.3 Å². The van der Waals surface area contributed by atoms with Gasteiger partial charge in [0.15, 0.2) is 28.9 Å². The first-order chi connectivity index (χ1) is 14.4. The molecule has 0 aliphatic rings. The Morgan fingerprint density at radius 3 is 2.03 bits per heavy atom. The van der Waals surface area contributed by atoms with E-state index in [1.165, 1.54) is 12.2 Å². The van der Waals surface area contributed by atoms with Gasteiger partial charge in [0.1, 0.15) is 17.9 Å². The first kappa shape index (κ1) is 22.4. The summed E-state index contributed by atoms with van der Waals surface area (Å²) >= 11 is 0. The summed E-state index contributed by atoms with van der Waals surface area (Å²) in [6.07, 6.45) is -6.44. The third kappa shape index (κ3) is 3.88. The summed E-state index contributed by atoms with van der Waals surface area (Å²) in [7, 11) is 0. The van der Waals surface area contributed by atoms with Gasteiger partial charge in [0.05, 0.1) is 11.1 Å². The second-order valence-electron chi connectivity index (χ2n) is 6.17. The topological polar surface area (TPSA) is 59.8 Å². The van der Waals surface area contributed by atoms with Gasteiger partial charge in [-0.15, -0.1) is 0 Å². The number of nitrogens with zero attached hydrogens (tertiary/aromatic N) is 3. The van der Waals surface area contributed by atoms with E-state index >= 15 is 0 Å². The number of halogens is 9. The van der Waals surface area contributed by atoms with Crippen LogP contribution in [0.3, 0.4) is 0 Å². The predicted molar refractivity (Wildman–Crippen MR) is 87.0 cm³/mol. The van der Waals surface area contributed by atoms with E-state index in [0.29, 0.717) is 10.7 Å². The van der Waals surface area contributed by atoms with Crippen molar-refractivity contribution in [2.75, 3.05) is 5.32 Å². The largest absolute Gasteiger partial charge is 0.319 e. The van der Waals surface area contributed by atoms with E-state index in [0.717, 1.165) is 0 Å². The molecule has 1 amide bonds. The lowest BCUT2D eigenvalue weighted by Crippen LogP contribution is -2.22. The van der Waals surface area contributed by atoms with Gasteiger partial charge in [0, 0.05) is 5.56 Å². The van der Waals surface area contributed by atoms with Crippen LogP contribution in [0.15, 0.2) is 6.07 Å². The van der Waals surface area contributed by atoms with Crippen molar-refractivity contribution in [3.8, 4) is 0 Å². The third-order valence-corrected chi connectivity index (χ3v) is 4.15. The van der Waals surface area contributed by atoms with Gasteiger partial charge in [0.2, 0.25) is 11.7 Å². The summed E-state index contributed by atoms with van der Waals surface area (Å²) in [5.41, 5.74) is -4.20. The summed E-state index contributed by atoms with van der Waals surface area (Å²) in [6, 6.07) is 0.478. The van der Waals surface area contributed by atoms with Crippen LogP contribution in [0.1, 0.15) is 29.8 Å². The van der Waals surface area contributed by atoms with Crippen molar-refractivity contribution in [1.82, 2.24) is 14.8 Å². The molecule has 0 spiro atoms. The third-order valence-electron chi connectivity index (χ3n) is 4.15. The molecule has 0 fully saturated rings. The van der Waals surface area contributed by atoms with E-state index in [1.807, 2.05) is 0 Å². The van der Waals surface area contributed by atoms with Gasteiger partial charge >= 0.3 is 0 Å². The molecule has 0 aliphatic heterocycles. The fourth-order valence-corrected chi connectivity index (χ4v) is 2.83. The normalized spacial score (nSPS) is 11.7. The van der Waals surface area contributed by atoms with Crippen LogP contribution in [0, 0.1) is 36.0 Å². The van der Waals surface area contributed by atoms with E-state index < -0.39 is 77.0 Å². The molecule has 3 rings (SSSR count). The summed E-state index contributed by atoms with van der Waals surface area (Å²) in [6.45, 7) is 0.197. The van der Waals surface area contributed by atoms with E-state index in [4.69, 9.17) is 0 Å². The predicted octanol–water partition coefficient (Wildman–Crippen LogP) is 4.95. The standard InChI is InChI=1S/C17H9F9N4O/c1-4-8-5(15(23)24)2-6(16(25)26)27-17(8)30(29-4)3-7(31)28-14-12(21)10(19)9(18)11(20)13(14)22/h2,15-16H,3H2,1H3,(H,28,31). The first-order valence-electron chi connectivity index (χ1n) is 8.19. The van der Waals surface area contributed by atoms with Crippen molar-refractivity contribution in [3.63, 3.8) is 0 Å². The molecule has 5 nitrogen and oxygen atoms in total. The SMILES string of the molecule is Cc1nn(CC(=O)Nc2c(F)c(F)c(F)c(F)c2F)c2nc(C(F)F)cc(C(F)F)c12. The van der Waals surface area contributed by atoms with Crippen LogP contribution in [-0.2, 0) is 11.3 Å². The molecule has 2 aromatic heterocycles. The highest BCUT2D eigenvalue weighted by molar-refractivity contribution is 5.92. The van der Waals surface area contributed by atoms with E-state index in [2.05, 4.69) is 10.1 Å². The lowest BCUT2D eigenvalue weighted by Gasteiger charge is -2.11. The molecule has 0 atom stereocenters. The lowest BCUT2D eigenvalue weighted by atomic mass is 10.1. The van der Waals surface area contributed by atoms with Crippen molar-refractivity contribution in [1.29, 1.82) is 0 Å². The molecule has 1 aromatic carbocycles. The van der Waals surface area contributed by atoms with Crippen LogP contribution in [0.2, 0.25) is 0 Å². The Kier molecular flexibility index (Phi) is 5.83. The zero-order chi connectivity index (χ0) is 23.2. The number of alkyl halides is 4. The number of hydrogen-bond acceptors (Lipinski definition) is 3. The average Bonchev–Trinajstić information content (AvgIpc) is 3.02. The molecule has 0 unspecified atom stereocenters. The first-order valence-corrected chi connectivity index (χ1v) is 8.19. The number of rotatable bonds is 5. The number of anilines is 1. The minimum absolute atomic E-state index is 0.123. The zero-order valence-corrected chi connectivity index (χ0v) is 15.1.